The lowest BCUT2D eigenvalue weighted by atomic mass is 10.1. The molecule has 4 heteroatoms. The minimum atomic E-state index is -2.57. The number of fused-ring (bicyclic) bond motifs is 1. The molecule has 0 saturated carbocycles. The Morgan fingerprint density at radius 3 is 2.71 bits per heavy atom. The maximum Gasteiger partial charge on any atom is 0.265 e. The van der Waals surface area contributed by atoms with Crippen molar-refractivity contribution in [3.05, 3.63) is 46.2 Å². The van der Waals surface area contributed by atoms with Crippen LogP contribution >= 0.6 is 0 Å². The van der Waals surface area contributed by atoms with Crippen molar-refractivity contribution < 1.29 is 8.78 Å². The molecule has 0 fully saturated rings. The van der Waals surface area contributed by atoms with E-state index in [2.05, 4.69) is 4.98 Å². The maximum atomic E-state index is 12.5. The average Bonchev–Trinajstić information content (AvgIpc) is 2.17. The van der Waals surface area contributed by atoms with Crippen LogP contribution in [0.2, 0.25) is 0 Å². The number of hydrogen-bond acceptors (Lipinski definition) is 1. The lowest BCUT2D eigenvalue weighted by Crippen LogP contribution is -2.01. The van der Waals surface area contributed by atoms with E-state index in [-0.39, 0.29) is 16.5 Å². The molecular weight excluding hydrogens is 188 g/mol. The molecular formula is C10H7F2NO. The SMILES string of the molecule is O=c1cc[nH]c2c(C(F)F)cccc12. The van der Waals surface area contributed by atoms with Crippen molar-refractivity contribution in [2.45, 2.75) is 6.43 Å². The second-order valence-corrected chi connectivity index (χ2v) is 2.91. The zero-order chi connectivity index (χ0) is 10.1. The molecule has 1 N–H and O–H groups in total. The molecule has 72 valence electrons. The number of halogens is 2. The largest absolute Gasteiger partial charge is 0.361 e. The molecule has 14 heavy (non-hydrogen) atoms. The van der Waals surface area contributed by atoms with Crippen LogP contribution in [0.1, 0.15) is 12.0 Å². The van der Waals surface area contributed by atoms with Gasteiger partial charge in [0.25, 0.3) is 6.43 Å². The van der Waals surface area contributed by atoms with Crippen LogP contribution in [0.25, 0.3) is 10.9 Å². The highest BCUT2D eigenvalue weighted by Gasteiger charge is 2.11. The van der Waals surface area contributed by atoms with Crippen molar-refractivity contribution in [2.24, 2.45) is 0 Å². The zero-order valence-corrected chi connectivity index (χ0v) is 7.13. The lowest BCUT2D eigenvalue weighted by molar-refractivity contribution is 0.153. The molecule has 1 aromatic heterocycles. The van der Waals surface area contributed by atoms with Crippen molar-refractivity contribution in [1.82, 2.24) is 4.98 Å². The van der Waals surface area contributed by atoms with E-state index in [1.54, 1.807) is 0 Å². The van der Waals surface area contributed by atoms with Gasteiger partial charge in [0.2, 0.25) is 0 Å². The first kappa shape index (κ1) is 8.87. The fourth-order valence-corrected chi connectivity index (χ4v) is 1.41. The number of nitrogens with one attached hydrogen (secondary N) is 1. The van der Waals surface area contributed by atoms with Gasteiger partial charge in [-0.05, 0) is 6.07 Å². The first-order valence-electron chi connectivity index (χ1n) is 4.08. The Bertz CT molecular complexity index is 519. The molecule has 1 heterocycles. The fraction of sp³-hybridized carbons (Fsp3) is 0.100. The summed E-state index contributed by atoms with van der Waals surface area (Å²) in [5.74, 6) is 0. The highest BCUT2D eigenvalue weighted by Crippen LogP contribution is 2.24. The van der Waals surface area contributed by atoms with Crippen LogP contribution in [0, 0.1) is 0 Å². The van der Waals surface area contributed by atoms with Crippen molar-refractivity contribution in [1.29, 1.82) is 0 Å². The van der Waals surface area contributed by atoms with E-state index in [0.717, 1.165) is 0 Å². The molecule has 0 radical (unpaired) electrons. The van der Waals surface area contributed by atoms with Crippen LogP contribution in [0.4, 0.5) is 8.78 Å². The smallest absolute Gasteiger partial charge is 0.265 e. The molecule has 2 nitrogen and oxygen atoms in total. The van der Waals surface area contributed by atoms with Gasteiger partial charge in [-0.2, -0.15) is 0 Å². The Hall–Kier alpha value is -1.71. The summed E-state index contributed by atoms with van der Waals surface area (Å²) >= 11 is 0. The van der Waals surface area contributed by atoms with E-state index >= 15 is 0 Å². The molecule has 0 unspecified atom stereocenters. The number of rotatable bonds is 1. The summed E-state index contributed by atoms with van der Waals surface area (Å²) in [5, 5.41) is 0.297. The minimum Gasteiger partial charge on any atom is -0.361 e. The zero-order valence-electron chi connectivity index (χ0n) is 7.13. The number of aromatic amines is 1. The number of alkyl halides is 2. The van der Waals surface area contributed by atoms with Gasteiger partial charge in [0, 0.05) is 23.2 Å². The first-order chi connectivity index (χ1) is 6.70. The number of hydrogen-bond donors (Lipinski definition) is 1. The average molecular weight is 195 g/mol. The van der Waals surface area contributed by atoms with E-state index in [1.807, 2.05) is 0 Å². The second-order valence-electron chi connectivity index (χ2n) is 2.91. The highest BCUT2D eigenvalue weighted by molar-refractivity contribution is 5.81. The third-order valence-corrected chi connectivity index (χ3v) is 2.06. The van der Waals surface area contributed by atoms with Gasteiger partial charge in [-0.1, -0.05) is 12.1 Å². The summed E-state index contributed by atoms with van der Waals surface area (Å²) in [6.07, 6.45) is -1.20. The maximum absolute atomic E-state index is 12.5. The Balaban J connectivity index is 2.88. The lowest BCUT2D eigenvalue weighted by Gasteiger charge is -2.03. The van der Waals surface area contributed by atoms with Crippen LogP contribution < -0.4 is 5.43 Å². The molecule has 2 aromatic rings. The summed E-state index contributed by atoms with van der Waals surface area (Å²) < 4.78 is 25.0. The van der Waals surface area contributed by atoms with Crippen LogP contribution in [-0.4, -0.2) is 4.98 Å². The van der Waals surface area contributed by atoms with Crippen LogP contribution in [0.15, 0.2) is 35.3 Å². The molecule has 0 atom stereocenters. The quantitative estimate of drug-likeness (QED) is 0.744. The number of aromatic nitrogens is 1. The molecule has 0 aliphatic carbocycles. The standard InChI is InChI=1S/C10H7F2NO/c11-10(12)7-3-1-2-6-8(14)4-5-13-9(6)7/h1-5,10H,(H,13,14). The van der Waals surface area contributed by atoms with Crippen molar-refractivity contribution >= 4 is 10.9 Å². The number of para-hydroxylation sites is 1. The van der Waals surface area contributed by atoms with Crippen LogP contribution in [0.3, 0.4) is 0 Å². The number of H-pyrrole nitrogens is 1. The highest BCUT2D eigenvalue weighted by atomic mass is 19.3. The molecule has 0 spiro atoms. The molecule has 0 saturated heterocycles. The van der Waals surface area contributed by atoms with Gasteiger partial charge in [-0.25, -0.2) is 8.78 Å². The van der Waals surface area contributed by atoms with E-state index in [1.165, 1.54) is 30.5 Å². The summed E-state index contributed by atoms with van der Waals surface area (Å²) in [7, 11) is 0. The molecule has 0 aliphatic heterocycles. The normalized spacial score (nSPS) is 11.1. The summed E-state index contributed by atoms with van der Waals surface area (Å²) in [5.41, 5.74) is -0.170. The third kappa shape index (κ3) is 1.28. The van der Waals surface area contributed by atoms with Gasteiger partial charge in [0.1, 0.15) is 0 Å². The van der Waals surface area contributed by atoms with Gasteiger partial charge in [0.05, 0.1) is 5.52 Å². The van der Waals surface area contributed by atoms with Gasteiger partial charge < -0.3 is 4.98 Å². The van der Waals surface area contributed by atoms with Crippen LogP contribution in [-0.2, 0) is 0 Å². The van der Waals surface area contributed by atoms with Gasteiger partial charge in [-0.15, -0.1) is 0 Å². The van der Waals surface area contributed by atoms with Gasteiger partial charge >= 0.3 is 0 Å². The van der Waals surface area contributed by atoms with Gasteiger partial charge in [0.15, 0.2) is 5.43 Å². The third-order valence-electron chi connectivity index (χ3n) is 2.06. The van der Waals surface area contributed by atoms with E-state index in [4.69, 9.17) is 0 Å². The molecule has 0 amide bonds. The molecule has 1 aromatic carbocycles. The van der Waals surface area contributed by atoms with Gasteiger partial charge in [-0.3, -0.25) is 4.79 Å². The Labute approximate surface area is 78.2 Å². The molecule has 2 rings (SSSR count). The summed E-state index contributed by atoms with van der Waals surface area (Å²) in [6, 6.07) is 5.61. The minimum absolute atomic E-state index is 0.139. The fourth-order valence-electron chi connectivity index (χ4n) is 1.41. The van der Waals surface area contributed by atoms with Crippen molar-refractivity contribution in [3.8, 4) is 0 Å². The predicted octanol–water partition coefficient (Wildman–Crippen LogP) is 2.47. The van der Waals surface area contributed by atoms with Crippen molar-refractivity contribution in [2.75, 3.05) is 0 Å². The number of pyridine rings is 1. The summed E-state index contributed by atoms with van der Waals surface area (Å²) in [6.45, 7) is 0. The first-order valence-corrected chi connectivity index (χ1v) is 4.08. The second kappa shape index (κ2) is 3.21. The van der Waals surface area contributed by atoms with E-state index < -0.39 is 6.43 Å². The number of benzene rings is 1. The monoisotopic (exact) mass is 195 g/mol. The molecule has 0 bridgehead atoms. The molecule has 0 aliphatic rings. The Morgan fingerprint density at radius 1 is 1.21 bits per heavy atom. The van der Waals surface area contributed by atoms with E-state index in [0.29, 0.717) is 5.39 Å². The predicted molar refractivity (Wildman–Crippen MR) is 49.5 cm³/mol. The Morgan fingerprint density at radius 2 is 2.00 bits per heavy atom. The topological polar surface area (TPSA) is 32.9 Å². The van der Waals surface area contributed by atoms with Crippen LogP contribution in [0.5, 0.6) is 0 Å². The van der Waals surface area contributed by atoms with Crippen molar-refractivity contribution in [3.63, 3.8) is 0 Å². The van der Waals surface area contributed by atoms with E-state index in [9.17, 15) is 13.6 Å². The Kier molecular flexibility index (Phi) is 2.04. The summed E-state index contributed by atoms with van der Waals surface area (Å²) in [4.78, 5) is 14.0.